The standard InChI is InChI=1S/C14H18N4O11/c15-16-17-29-28-14(23)4-2-12(21)26-10-7-18(5-8-19)6-9-25-11(20)1-3-13(22)27-24/h1-4,19,24H,5-10H2/b3-1+,4-2+. The molecule has 0 rings (SSSR count). The first kappa shape index (κ1) is 25.4. The Bertz CT molecular complexity index is 658. The molecule has 0 unspecified atom stereocenters. The molecule has 15 nitrogen and oxygen atoms in total. The summed E-state index contributed by atoms with van der Waals surface area (Å²) in [6, 6.07) is 0. The molecule has 0 aromatic carbocycles. The molecule has 0 fully saturated rings. The van der Waals surface area contributed by atoms with Gasteiger partial charge in [0.2, 0.25) is 0 Å². The minimum absolute atomic E-state index is 0.0950. The highest BCUT2D eigenvalue weighted by Crippen LogP contribution is 1.93. The van der Waals surface area contributed by atoms with Crippen molar-refractivity contribution in [2.45, 2.75) is 0 Å². The van der Waals surface area contributed by atoms with Crippen molar-refractivity contribution >= 4 is 23.9 Å². The number of carbonyl (C=O) groups is 4. The number of hydrogen-bond acceptors (Lipinski definition) is 13. The van der Waals surface area contributed by atoms with Gasteiger partial charge in [-0.15, -0.1) is 0 Å². The molecule has 0 bridgehead atoms. The maximum atomic E-state index is 11.4. The SMILES string of the molecule is [N-]=[N+]=NOOC(=O)/C=C/C(=O)OCCN(CCO)CCOC(=O)/C=C/C(=O)OO. The fourth-order valence-electron chi connectivity index (χ4n) is 1.52. The zero-order valence-electron chi connectivity index (χ0n) is 14.9. The molecule has 0 aliphatic carbocycles. The van der Waals surface area contributed by atoms with Crippen molar-refractivity contribution in [1.82, 2.24) is 4.90 Å². The highest BCUT2D eigenvalue weighted by molar-refractivity contribution is 5.91. The molecule has 0 radical (unpaired) electrons. The molecule has 0 spiro atoms. The van der Waals surface area contributed by atoms with Crippen LogP contribution in [0, 0.1) is 0 Å². The van der Waals surface area contributed by atoms with Gasteiger partial charge in [0, 0.05) is 48.9 Å². The molecule has 0 aromatic heterocycles. The van der Waals surface area contributed by atoms with Crippen molar-refractivity contribution in [3.8, 4) is 0 Å². The third-order valence-electron chi connectivity index (χ3n) is 2.71. The van der Waals surface area contributed by atoms with Crippen LogP contribution in [-0.4, -0.2) is 78.6 Å². The lowest BCUT2D eigenvalue weighted by molar-refractivity contribution is -0.269. The maximum absolute atomic E-state index is 11.4. The van der Waals surface area contributed by atoms with E-state index in [9.17, 15) is 19.2 Å². The van der Waals surface area contributed by atoms with Gasteiger partial charge >= 0.3 is 23.9 Å². The minimum Gasteiger partial charge on any atom is -0.461 e. The summed E-state index contributed by atoms with van der Waals surface area (Å²) in [4.78, 5) is 59.1. The van der Waals surface area contributed by atoms with Gasteiger partial charge in [-0.2, -0.15) is 5.26 Å². The number of rotatable bonds is 14. The van der Waals surface area contributed by atoms with Gasteiger partial charge in [0.25, 0.3) is 0 Å². The fourth-order valence-corrected chi connectivity index (χ4v) is 1.52. The van der Waals surface area contributed by atoms with Crippen LogP contribution >= 0.6 is 0 Å². The predicted octanol–water partition coefficient (Wildman–Crippen LogP) is -0.804. The van der Waals surface area contributed by atoms with Crippen molar-refractivity contribution in [1.29, 1.82) is 0 Å². The Hall–Kier alpha value is -3.65. The van der Waals surface area contributed by atoms with E-state index >= 15 is 0 Å². The lowest BCUT2D eigenvalue weighted by Crippen LogP contribution is -2.34. The number of nitrogens with zero attached hydrogens (tertiary/aromatic N) is 4. The second-order valence-electron chi connectivity index (χ2n) is 4.63. The van der Waals surface area contributed by atoms with Gasteiger partial charge in [-0.25, -0.2) is 29.1 Å². The Labute approximate surface area is 163 Å². The van der Waals surface area contributed by atoms with E-state index in [0.717, 1.165) is 12.2 Å². The van der Waals surface area contributed by atoms with Crippen molar-refractivity contribution in [3.05, 3.63) is 34.7 Å². The molecule has 0 heterocycles. The van der Waals surface area contributed by atoms with Gasteiger partial charge in [0.15, 0.2) is 5.28 Å². The molecule has 0 amide bonds. The zero-order valence-corrected chi connectivity index (χ0v) is 14.9. The molecular weight excluding hydrogens is 400 g/mol. The number of aliphatic hydroxyl groups is 1. The normalized spacial score (nSPS) is 10.4. The summed E-state index contributed by atoms with van der Waals surface area (Å²) in [5.41, 5.74) is 7.89. The van der Waals surface area contributed by atoms with Gasteiger partial charge in [-0.1, -0.05) is 0 Å². The molecule has 0 aliphatic rings. The largest absolute Gasteiger partial charge is 0.461 e. The van der Waals surface area contributed by atoms with E-state index < -0.39 is 23.9 Å². The Balaban J connectivity index is 4.17. The zero-order chi connectivity index (χ0) is 21.9. The van der Waals surface area contributed by atoms with Crippen LogP contribution in [0.25, 0.3) is 10.4 Å². The third-order valence-corrected chi connectivity index (χ3v) is 2.71. The summed E-state index contributed by atoms with van der Waals surface area (Å²) in [5, 5.41) is 19.5. The number of esters is 2. The average Bonchev–Trinajstić information content (AvgIpc) is 2.70. The summed E-state index contributed by atoms with van der Waals surface area (Å²) in [6.45, 7) is 0.142. The molecule has 29 heavy (non-hydrogen) atoms. The quantitative estimate of drug-likeness (QED) is 0.0519. The van der Waals surface area contributed by atoms with Gasteiger partial charge in [0.05, 0.1) is 6.61 Å². The van der Waals surface area contributed by atoms with Crippen LogP contribution in [0.3, 0.4) is 0 Å². The summed E-state index contributed by atoms with van der Waals surface area (Å²) >= 11 is 0. The lowest BCUT2D eigenvalue weighted by atomic mass is 10.4. The number of ether oxygens (including phenoxy) is 2. The van der Waals surface area contributed by atoms with E-state index in [4.69, 9.17) is 25.4 Å². The van der Waals surface area contributed by atoms with E-state index in [-0.39, 0.29) is 39.5 Å². The highest BCUT2D eigenvalue weighted by Gasteiger charge is 2.08. The molecule has 2 N–H and O–H groups in total. The topological polar surface area (TPSA) is 207 Å². The molecule has 0 saturated heterocycles. The summed E-state index contributed by atoms with van der Waals surface area (Å²) in [7, 11) is 0. The van der Waals surface area contributed by atoms with Gasteiger partial charge < -0.3 is 14.6 Å². The van der Waals surface area contributed by atoms with Crippen molar-refractivity contribution in [2.24, 2.45) is 5.28 Å². The number of hydrogen-bond donors (Lipinski definition) is 2. The van der Waals surface area contributed by atoms with Gasteiger partial charge in [0.1, 0.15) is 13.2 Å². The van der Waals surface area contributed by atoms with Crippen LogP contribution in [0.1, 0.15) is 0 Å². The average molecular weight is 418 g/mol. The smallest absolute Gasteiger partial charge is 0.379 e. The first-order chi connectivity index (χ1) is 13.9. The molecule has 0 atom stereocenters. The van der Waals surface area contributed by atoms with Crippen LogP contribution in [0.5, 0.6) is 0 Å². The molecular formula is C14H18N4O11. The van der Waals surface area contributed by atoms with E-state index in [0.29, 0.717) is 12.2 Å². The Kier molecular flexibility index (Phi) is 14.4. The summed E-state index contributed by atoms with van der Waals surface area (Å²) in [6.07, 6.45) is 2.86. The number of aliphatic hydroxyl groups excluding tert-OH is 1. The van der Waals surface area contributed by atoms with Crippen LogP contribution in [-0.2, 0) is 43.4 Å². The summed E-state index contributed by atoms with van der Waals surface area (Å²) in [5.74, 6) is -3.98. The van der Waals surface area contributed by atoms with Gasteiger partial charge in [-0.05, 0) is 5.53 Å². The highest BCUT2D eigenvalue weighted by atomic mass is 17.3. The number of azide groups is 1. The third kappa shape index (κ3) is 15.1. The first-order valence-corrected chi connectivity index (χ1v) is 7.73. The Morgan fingerprint density at radius 3 is 1.90 bits per heavy atom. The van der Waals surface area contributed by atoms with E-state index in [1.165, 1.54) is 0 Å². The van der Waals surface area contributed by atoms with Crippen LogP contribution in [0.15, 0.2) is 29.6 Å². The minimum atomic E-state index is -1.14. The van der Waals surface area contributed by atoms with Crippen molar-refractivity contribution in [2.75, 3.05) is 39.5 Å². The predicted molar refractivity (Wildman–Crippen MR) is 88.8 cm³/mol. The molecule has 0 aliphatic heterocycles. The molecule has 160 valence electrons. The van der Waals surface area contributed by atoms with Gasteiger partial charge in [-0.3, -0.25) is 9.79 Å². The number of carbonyl (C=O) groups excluding carboxylic acids is 4. The monoisotopic (exact) mass is 418 g/mol. The second-order valence-corrected chi connectivity index (χ2v) is 4.63. The second kappa shape index (κ2) is 16.5. The van der Waals surface area contributed by atoms with Crippen LogP contribution in [0.2, 0.25) is 0 Å². The van der Waals surface area contributed by atoms with E-state index in [1.807, 2.05) is 0 Å². The van der Waals surface area contributed by atoms with Crippen LogP contribution in [0.4, 0.5) is 0 Å². The van der Waals surface area contributed by atoms with Crippen molar-refractivity contribution in [3.63, 3.8) is 0 Å². The van der Waals surface area contributed by atoms with E-state index in [1.54, 1.807) is 4.90 Å². The summed E-state index contributed by atoms with van der Waals surface area (Å²) < 4.78 is 9.62. The first-order valence-electron chi connectivity index (χ1n) is 7.73. The Morgan fingerprint density at radius 1 is 0.897 bits per heavy atom. The van der Waals surface area contributed by atoms with Crippen molar-refractivity contribution < 1.29 is 53.8 Å². The van der Waals surface area contributed by atoms with E-state index in [2.05, 4.69) is 25.0 Å². The Morgan fingerprint density at radius 2 is 1.41 bits per heavy atom. The maximum Gasteiger partial charge on any atom is 0.379 e. The fraction of sp³-hybridized carbons (Fsp3) is 0.429. The lowest BCUT2D eigenvalue weighted by Gasteiger charge is -2.20. The molecule has 0 saturated carbocycles. The molecule has 15 heteroatoms. The molecule has 0 aromatic rings. The van der Waals surface area contributed by atoms with Crippen LogP contribution < -0.4 is 0 Å².